The fourth-order valence-corrected chi connectivity index (χ4v) is 2.65. The van der Waals surface area contributed by atoms with Crippen molar-refractivity contribution in [1.29, 1.82) is 0 Å². The highest BCUT2D eigenvalue weighted by Gasteiger charge is 2.15. The molecule has 0 saturated heterocycles. The number of phenols is 3. The molecule has 0 bridgehead atoms. The van der Waals surface area contributed by atoms with Gasteiger partial charge in [-0.25, -0.2) is 0 Å². The quantitative estimate of drug-likeness (QED) is 0.328. The molecule has 0 fully saturated rings. The molecule has 0 aliphatic carbocycles. The molecule has 0 spiro atoms. The molecule has 0 aliphatic rings. The third-order valence-corrected chi connectivity index (χ3v) is 3.57. The summed E-state index contributed by atoms with van der Waals surface area (Å²) < 4.78 is 26.2. The van der Waals surface area contributed by atoms with Crippen molar-refractivity contribution in [1.82, 2.24) is 0 Å². The Morgan fingerprint density at radius 3 is 2.29 bits per heavy atom. The fourth-order valence-electron chi connectivity index (χ4n) is 2.33. The van der Waals surface area contributed by atoms with Crippen molar-refractivity contribution < 1.29 is 27.9 Å². The molecule has 0 aromatic heterocycles. The Morgan fingerprint density at radius 2 is 1.57 bits per heavy atom. The van der Waals surface area contributed by atoms with E-state index >= 15 is 0 Å². The first kappa shape index (κ1) is 13.3. The van der Waals surface area contributed by atoms with E-state index in [1.165, 1.54) is 30.3 Å². The smallest absolute Gasteiger partial charge is 0.299 e. The lowest BCUT2D eigenvalue weighted by molar-refractivity contribution is 0.459. The number of aromatic hydroxyl groups is 3. The average Bonchev–Trinajstić information content (AvgIpc) is 2.43. The lowest BCUT2D eigenvalue weighted by atomic mass is 10.0. The van der Waals surface area contributed by atoms with Crippen LogP contribution in [-0.4, -0.2) is 23.7 Å². The number of hydrogen-bond donors (Lipinski definition) is 4. The SMILES string of the molecule is O=[SH](=O)Oc1cccc2c(O)c3c(O)ccc(O)c3cc12. The Morgan fingerprint density at radius 1 is 0.857 bits per heavy atom. The van der Waals surface area contributed by atoms with Gasteiger partial charge < -0.3 is 19.5 Å². The van der Waals surface area contributed by atoms with E-state index in [-0.39, 0.29) is 33.8 Å². The Labute approximate surface area is 120 Å². The first-order valence-electron chi connectivity index (χ1n) is 5.90. The second-order valence-electron chi connectivity index (χ2n) is 4.42. The van der Waals surface area contributed by atoms with Crippen LogP contribution >= 0.6 is 0 Å². The molecule has 3 N–H and O–H groups in total. The zero-order valence-corrected chi connectivity index (χ0v) is 11.4. The van der Waals surface area contributed by atoms with Crippen molar-refractivity contribution in [2.45, 2.75) is 0 Å². The third kappa shape index (κ3) is 2.07. The molecule has 108 valence electrons. The molecule has 3 aromatic carbocycles. The monoisotopic (exact) mass is 306 g/mol. The van der Waals surface area contributed by atoms with Crippen LogP contribution in [-0.2, 0) is 11.0 Å². The van der Waals surface area contributed by atoms with E-state index in [0.29, 0.717) is 10.8 Å². The van der Waals surface area contributed by atoms with Crippen LogP contribution in [0.3, 0.4) is 0 Å². The number of thiol groups is 1. The second-order valence-corrected chi connectivity index (χ2v) is 5.05. The van der Waals surface area contributed by atoms with Crippen molar-refractivity contribution in [2.75, 3.05) is 0 Å². The van der Waals surface area contributed by atoms with E-state index in [9.17, 15) is 23.7 Å². The summed E-state index contributed by atoms with van der Waals surface area (Å²) in [6, 6.07) is 8.49. The number of hydrogen-bond acceptors (Lipinski definition) is 6. The lowest BCUT2D eigenvalue weighted by Gasteiger charge is -2.11. The van der Waals surface area contributed by atoms with Crippen molar-refractivity contribution >= 4 is 32.5 Å². The molecular formula is C14H10O6S. The number of fused-ring (bicyclic) bond motifs is 2. The molecule has 0 saturated carbocycles. The summed E-state index contributed by atoms with van der Waals surface area (Å²) in [5, 5.41) is 30.9. The lowest BCUT2D eigenvalue weighted by Crippen LogP contribution is -1.91. The molecule has 6 nitrogen and oxygen atoms in total. The molecule has 0 amide bonds. The van der Waals surface area contributed by atoms with Crippen LogP contribution in [0.5, 0.6) is 23.0 Å². The van der Waals surface area contributed by atoms with E-state index in [4.69, 9.17) is 4.18 Å². The minimum absolute atomic E-state index is 0.0311. The summed E-state index contributed by atoms with van der Waals surface area (Å²) in [5.74, 6) is -0.573. The molecule has 7 heteroatoms. The van der Waals surface area contributed by atoms with Gasteiger partial charge >= 0.3 is 0 Å². The Balaban J connectivity index is 2.51. The van der Waals surface area contributed by atoms with Crippen LogP contribution in [0.25, 0.3) is 21.5 Å². The molecule has 0 unspecified atom stereocenters. The predicted molar refractivity (Wildman–Crippen MR) is 77.4 cm³/mol. The van der Waals surface area contributed by atoms with E-state index in [1.54, 1.807) is 6.07 Å². The zero-order chi connectivity index (χ0) is 15.1. The summed E-state index contributed by atoms with van der Waals surface area (Å²) >= 11 is 0. The van der Waals surface area contributed by atoms with Gasteiger partial charge in [0.2, 0.25) is 0 Å². The Hall–Kier alpha value is -2.67. The molecule has 21 heavy (non-hydrogen) atoms. The summed E-state index contributed by atoms with van der Waals surface area (Å²) in [5.41, 5.74) is 0. The summed E-state index contributed by atoms with van der Waals surface area (Å²) in [6.45, 7) is 0. The highest BCUT2D eigenvalue weighted by molar-refractivity contribution is 7.67. The fraction of sp³-hybridized carbons (Fsp3) is 0. The van der Waals surface area contributed by atoms with Crippen LogP contribution in [0.4, 0.5) is 0 Å². The summed E-state index contributed by atoms with van der Waals surface area (Å²) in [6.07, 6.45) is 0. The molecule has 3 rings (SSSR count). The average molecular weight is 306 g/mol. The van der Waals surface area contributed by atoms with Gasteiger partial charge in [-0.15, -0.1) is 0 Å². The van der Waals surface area contributed by atoms with Crippen LogP contribution in [0.2, 0.25) is 0 Å². The Kier molecular flexibility index (Phi) is 2.99. The van der Waals surface area contributed by atoms with Gasteiger partial charge in [-0.1, -0.05) is 12.1 Å². The van der Waals surface area contributed by atoms with Gasteiger partial charge in [0.1, 0.15) is 23.0 Å². The van der Waals surface area contributed by atoms with Gasteiger partial charge in [0.05, 0.1) is 5.39 Å². The molecular weight excluding hydrogens is 296 g/mol. The predicted octanol–water partition coefficient (Wildman–Crippen LogP) is 2.02. The summed E-state index contributed by atoms with van der Waals surface area (Å²) in [7, 11) is -3.11. The van der Waals surface area contributed by atoms with Gasteiger partial charge in [0, 0.05) is 16.2 Å². The van der Waals surface area contributed by atoms with Crippen molar-refractivity contribution in [3.63, 3.8) is 0 Å². The van der Waals surface area contributed by atoms with Gasteiger partial charge in [-0.05, 0) is 24.3 Å². The highest BCUT2D eigenvalue weighted by atomic mass is 32.2. The number of rotatable bonds is 2. The normalized spacial score (nSPS) is 11.3. The maximum Gasteiger partial charge on any atom is 0.299 e. The number of phenolic OH excluding ortho intramolecular Hbond substituents is 3. The van der Waals surface area contributed by atoms with Gasteiger partial charge in [0.15, 0.2) is 0 Å². The highest BCUT2D eigenvalue weighted by Crippen LogP contribution is 2.44. The first-order valence-corrected chi connectivity index (χ1v) is 7.00. The minimum Gasteiger partial charge on any atom is -0.507 e. The maximum atomic E-state index is 10.7. The van der Waals surface area contributed by atoms with Crippen molar-refractivity contribution in [3.05, 3.63) is 36.4 Å². The third-order valence-electron chi connectivity index (χ3n) is 3.22. The maximum absolute atomic E-state index is 10.7. The zero-order valence-electron chi connectivity index (χ0n) is 10.5. The van der Waals surface area contributed by atoms with Crippen LogP contribution in [0, 0.1) is 0 Å². The van der Waals surface area contributed by atoms with Crippen LogP contribution < -0.4 is 4.18 Å². The van der Waals surface area contributed by atoms with E-state index < -0.39 is 11.0 Å². The van der Waals surface area contributed by atoms with Crippen molar-refractivity contribution in [2.24, 2.45) is 0 Å². The van der Waals surface area contributed by atoms with Gasteiger partial charge in [0.25, 0.3) is 11.0 Å². The van der Waals surface area contributed by atoms with E-state index in [0.717, 1.165) is 0 Å². The van der Waals surface area contributed by atoms with E-state index in [2.05, 4.69) is 0 Å². The standard InChI is InChI=1S/C14H10O6S/c15-10-4-5-11(16)13-9(10)6-8-7(14(13)17)2-1-3-12(8)20-21(18)19/h1-6,15-17,21H. The van der Waals surface area contributed by atoms with E-state index in [1.807, 2.05) is 0 Å². The van der Waals surface area contributed by atoms with Gasteiger partial charge in [-0.2, -0.15) is 8.42 Å². The second kappa shape index (κ2) is 4.71. The minimum atomic E-state index is -3.11. The molecule has 3 aromatic rings. The van der Waals surface area contributed by atoms with Crippen LogP contribution in [0.1, 0.15) is 0 Å². The van der Waals surface area contributed by atoms with Gasteiger partial charge in [-0.3, -0.25) is 0 Å². The molecule has 0 atom stereocenters. The Bertz CT molecular complexity index is 937. The van der Waals surface area contributed by atoms with Crippen LogP contribution in [0.15, 0.2) is 36.4 Å². The molecule has 0 aliphatic heterocycles. The summed E-state index contributed by atoms with van der Waals surface area (Å²) in [4.78, 5) is 0. The number of benzene rings is 3. The molecule has 0 heterocycles. The molecule has 0 radical (unpaired) electrons. The van der Waals surface area contributed by atoms with Crippen molar-refractivity contribution in [3.8, 4) is 23.0 Å². The first-order chi connectivity index (χ1) is 9.99. The largest absolute Gasteiger partial charge is 0.507 e. The topological polar surface area (TPSA) is 104 Å².